The third kappa shape index (κ3) is 5.50. The highest BCUT2D eigenvalue weighted by molar-refractivity contribution is 5.89. The molecule has 1 amide bonds. The summed E-state index contributed by atoms with van der Waals surface area (Å²) in [5.41, 5.74) is 2.17. The van der Waals surface area contributed by atoms with Crippen LogP contribution in [-0.4, -0.2) is 75.4 Å². The van der Waals surface area contributed by atoms with Gasteiger partial charge in [0.15, 0.2) is 18.4 Å². The third-order valence-electron chi connectivity index (χ3n) is 7.36. The van der Waals surface area contributed by atoms with E-state index in [0.717, 1.165) is 37.1 Å². The molecule has 3 aromatic heterocycles. The summed E-state index contributed by atoms with van der Waals surface area (Å²) in [4.78, 5) is 26.8. The van der Waals surface area contributed by atoms with Crippen LogP contribution in [-0.2, 0) is 16.5 Å². The lowest BCUT2D eigenvalue weighted by atomic mass is 10.1. The fourth-order valence-electron chi connectivity index (χ4n) is 5.44. The van der Waals surface area contributed by atoms with E-state index in [1.807, 2.05) is 56.0 Å². The molecule has 1 aliphatic carbocycles. The Labute approximate surface area is 238 Å². The molecule has 2 fully saturated rings. The van der Waals surface area contributed by atoms with Crippen LogP contribution in [0.5, 0.6) is 5.75 Å². The molecule has 1 saturated carbocycles. The number of carbonyl (C=O) groups is 1. The van der Waals surface area contributed by atoms with E-state index in [2.05, 4.69) is 10.00 Å². The van der Waals surface area contributed by atoms with Crippen molar-refractivity contribution in [3.63, 3.8) is 0 Å². The van der Waals surface area contributed by atoms with Gasteiger partial charge in [0.1, 0.15) is 16.9 Å². The van der Waals surface area contributed by atoms with Gasteiger partial charge in [-0.05, 0) is 70.4 Å². The first kappa shape index (κ1) is 27.2. The molecule has 41 heavy (non-hydrogen) atoms. The Morgan fingerprint density at radius 2 is 1.85 bits per heavy atom. The van der Waals surface area contributed by atoms with Crippen LogP contribution < -0.4 is 9.64 Å². The second-order valence-corrected chi connectivity index (χ2v) is 11.8. The number of hydrogen-bond acceptors (Lipinski definition) is 8. The fourth-order valence-corrected chi connectivity index (χ4v) is 5.44. The van der Waals surface area contributed by atoms with Crippen molar-refractivity contribution in [2.24, 2.45) is 7.05 Å². The van der Waals surface area contributed by atoms with Crippen LogP contribution in [0.1, 0.15) is 40.0 Å². The Morgan fingerprint density at radius 3 is 2.59 bits per heavy atom. The lowest BCUT2D eigenvalue weighted by Gasteiger charge is -2.31. The predicted octanol–water partition coefficient (Wildman–Crippen LogP) is 5.28. The summed E-state index contributed by atoms with van der Waals surface area (Å²) in [6, 6.07) is 9.75. The third-order valence-corrected chi connectivity index (χ3v) is 7.36. The summed E-state index contributed by atoms with van der Waals surface area (Å²) in [7, 11) is 3.23. The Morgan fingerprint density at radius 1 is 1.10 bits per heavy atom. The Hall–Kier alpha value is -3.99. The SMILES string of the molecule is COCOc1c(-c2ccc3nc(N4CCC(N(C(=O)OC(C)(C)C)C5CC5)C4)ccc3n2)cc2cn(C)nc2c1F. The van der Waals surface area contributed by atoms with Gasteiger partial charge >= 0.3 is 6.09 Å². The molecule has 4 heterocycles. The monoisotopic (exact) mass is 562 g/mol. The van der Waals surface area contributed by atoms with Crippen molar-refractivity contribution in [3.8, 4) is 17.0 Å². The van der Waals surface area contributed by atoms with Crippen molar-refractivity contribution in [2.45, 2.75) is 57.7 Å². The van der Waals surface area contributed by atoms with Crippen molar-refractivity contribution >= 4 is 33.8 Å². The summed E-state index contributed by atoms with van der Waals surface area (Å²) < 4.78 is 33.4. The molecule has 0 N–H and O–H groups in total. The first-order valence-corrected chi connectivity index (χ1v) is 13.9. The number of pyridine rings is 2. The van der Waals surface area contributed by atoms with Gasteiger partial charge < -0.3 is 24.0 Å². The highest BCUT2D eigenvalue weighted by Crippen LogP contribution is 2.38. The van der Waals surface area contributed by atoms with Crippen LogP contribution in [0.2, 0.25) is 0 Å². The number of methoxy groups -OCH3 is 1. The number of benzene rings is 1. The molecule has 6 rings (SSSR count). The van der Waals surface area contributed by atoms with Gasteiger partial charge in [0, 0.05) is 50.4 Å². The normalized spacial score (nSPS) is 17.4. The Kier molecular flexibility index (Phi) is 6.93. The molecule has 1 atom stereocenters. The zero-order valence-corrected chi connectivity index (χ0v) is 24.1. The summed E-state index contributed by atoms with van der Waals surface area (Å²) in [5.74, 6) is 0.324. The van der Waals surface area contributed by atoms with Gasteiger partial charge in [-0.15, -0.1) is 0 Å². The molecule has 11 heteroatoms. The average Bonchev–Trinajstić information content (AvgIpc) is 3.49. The quantitative estimate of drug-likeness (QED) is 0.281. The highest BCUT2D eigenvalue weighted by atomic mass is 19.1. The van der Waals surface area contributed by atoms with Gasteiger partial charge in [-0.1, -0.05) is 0 Å². The number of rotatable bonds is 7. The summed E-state index contributed by atoms with van der Waals surface area (Å²) in [6.45, 7) is 7.09. The highest BCUT2D eigenvalue weighted by Gasteiger charge is 2.42. The minimum absolute atomic E-state index is 0.0443. The zero-order chi connectivity index (χ0) is 28.9. The topological polar surface area (TPSA) is 94.8 Å². The van der Waals surface area contributed by atoms with Crippen LogP contribution in [0.25, 0.3) is 33.2 Å². The van der Waals surface area contributed by atoms with E-state index in [1.54, 1.807) is 17.9 Å². The number of anilines is 1. The minimum Gasteiger partial charge on any atom is -0.464 e. The smallest absolute Gasteiger partial charge is 0.410 e. The number of fused-ring (bicyclic) bond motifs is 2. The lowest BCUT2D eigenvalue weighted by molar-refractivity contribution is 0.0158. The van der Waals surface area contributed by atoms with Crippen LogP contribution in [0.4, 0.5) is 15.0 Å². The first-order valence-electron chi connectivity index (χ1n) is 13.9. The van der Waals surface area contributed by atoms with Gasteiger partial charge in [0.05, 0.1) is 22.8 Å². The molecule has 0 spiro atoms. The first-order chi connectivity index (χ1) is 19.6. The largest absolute Gasteiger partial charge is 0.464 e. The van der Waals surface area contributed by atoms with E-state index in [-0.39, 0.29) is 36.2 Å². The molecule has 0 bridgehead atoms. The maximum Gasteiger partial charge on any atom is 0.410 e. The zero-order valence-electron chi connectivity index (χ0n) is 24.1. The van der Waals surface area contributed by atoms with Crippen molar-refractivity contribution in [1.29, 1.82) is 0 Å². The number of aryl methyl sites for hydroxylation is 1. The molecule has 1 aromatic carbocycles. The maximum atomic E-state index is 15.4. The minimum atomic E-state index is -0.555. The van der Waals surface area contributed by atoms with Crippen molar-refractivity contribution in [1.82, 2.24) is 24.6 Å². The van der Waals surface area contributed by atoms with Gasteiger partial charge in [-0.25, -0.2) is 19.2 Å². The number of hydrogen-bond donors (Lipinski definition) is 0. The van der Waals surface area contributed by atoms with Crippen LogP contribution in [0.3, 0.4) is 0 Å². The number of nitrogens with zero attached hydrogens (tertiary/aromatic N) is 6. The Bertz CT molecular complexity index is 1610. The molecule has 0 radical (unpaired) electrons. The van der Waals surface area contributed by atoms with E-state index < -0.39 is 11.4 Å². The second-order valence-electron chi connectivity index (χ2n) is 11.8. The summed E-state index contributed by atoms with van der Waals surface area (Å²) in [5, 5.41) is 4.87. The number of aromatic nitrogens is 4. The van der Waals surface area contributed by atoms with Crippen molar-refractivity contribution in [2.75, 3.05) is 31.9 Å². The summed E-state index contributed by atoms with van der Waals surface area (Å²) in [6.07, 6.45) is 4.43. The van der Waals surface area contributed by atoms with E-state index in [4.69, 9.17) is 24.2 Å². The molecule has 2 aliphatic rings. The van der Waals surface area contributed by atoms with Crippen LogP contribution in [0.15, 0.2) is 36.5 Å². The average molecular weight is 563 g/mol. The predicted molar refractivity (Wildman–Crippen MR) is 153 cm³/mol. The molecule has 1 aliphatic heterocycles. The van der Waals surface area contributed by atoms with Crippen LogP contribution >= 0.6 is 0 Å². The second kappa shape index (κ2) is 10.4. The standard InChI is InChI=1S/C30H35FN6O4/c1-30(2,3)41-29(38)37(19-6-7-19)20-12-13-36(16-20)25-11-10-23-24(33-25)9-8-22(32-23)21-14-18-15-35(4)34-27(18)26(31)28(21)40-17-39-5/h8-11,14-15,19-20H,6-7,12-13,16-17H2,1-5H3. The van der Waals surface area contributed by atoms with E-state index in [1.165, 1.54) is 7.11 Å². The number of halogens is 1. The molecule has 1 saturated heterocycles. The molecule has 10 nitrogen and oxygen atoms in total. The lowest BCUT2D eigenvalue weighted by Crippen LogP contribution is -2.46. The Balaban J connectivity index is 1.26. The summed E-state index contributed by atoms with van der Waals surface area (Å²) >= 11 is 0. The van der Waals surface area contributed by atoms with Gasteiger partial charge in [0.25, 0.3) is 0 Å². The van der Waals surface area contributed by atoms with Gasteiger partial charge in [0.2, 0.25) is 0 Å². The molecule has 1 unspecified atom stereocenters. The van der Waals surface area contributed by atoms with E-state index in [9.17, 15) is 4.79 Å². The molecular formula is C30H35FN6O4. The number of ether oxygens (including phenoxy) is 3. The number of amides is 1. The van der Waals surface area contributed by atoms with E-state index in [0.29, 0.717) is 28.7 Å². The van der Waals surface area contributed by atoms with E-state index >= 15 is 4.39 Å². The number of carbonyl (C=O) groups excluding carboxylic acids is 1. The maximum absolute atomic E-state index is 15.4. The molecule has 216 valence electrons. The van der Waals surface area contributed by atoms with Crippen molar-refractivity contribution < 1.29 is 23.4 Å². The van der Waals surface area contributed by atoms with Crippen LogP contribution in [0, 0.1) is 5.82 Å². The van der Waals surface area contributed by atoms with Gasteiger partial charge in [-0.2, -0.15) is 5.10 Å². The fraction of sp³-hybridized carbons (Fsp3) is 0.467. The molecular weight excluding hydrogens is 527 g/mol. The van der Waals surface area contributed by atoms with Gasteiger partial charge in [-0.3, -0.25) is 4.68 Å². The molecule has 4 aromatic rings. The van der Waals surface area contributed by atoms with Crippen molar-refractivity contribution in [3.05, 3.63) is 42.3 Å².